The van der Waals surface area contributed by atoms with Gasteiger partial charge in [-0.15, -0.1) is 0 Å². The monoisotopic (exact) mass is 247 g/mol. The van der Waals surface area contributed by atoms with E-state index in [2.05, 4.69) is 10.5 Å². The zero-order valence-corrected chi connectivity index (χ0v) is 10.8. The molecule has 18 heavy (non-hydrogen) atoms. The minimum absolute atomic E-state index is 0.304. The summed E-state index contributed by atoms with van der Waals surface area (Å²) in [7, 11) is 0. The third-order valence-corrected chi connectivity index (χ3v) is 5.14. The molecule has 2 bridgehead atoms. The standard InChI is InChI=1S/C14H21N3O/c1-2-6-15-12(3-1)14-16-13(17-18-14)11-8-9-4-5-10(11)7-9/h9-12,15H,1-8H2/t9?,10?,11?,12-/m1/s1. The van der Waals surface area contributed by atoms with Crippen LogP contribution in [0.5, 0.6) is 0 Å². The molecule has 2 heterocycles. The van der Waals surface area contributed by atoms with Crippen LogP contribution in [0.1, 0.15) is 68.6 Å². The SMILES string of the molecule is C1CC[C@H](c2nc(C3CC4CCC3C4)no2)NC1. The second-order valence-electron chi connectivity index (χ2n) is 6.27. The van der Waals surface area contributed by atoms with Crippen molar-refractivity contribution in [1.29, 1.82) is 0 Å². The van der Waals surface area contributed by atoms with Crippen LogP contribution in [-0.4, -0.2) is 16.7 Å². The van der Waals surface area contributed by atoms with Crippen LogP contribution in [0.15, 0.2) is 4.52 Å². The minimum Gasteiger partial charge on any atom is -0.338 e. The zero-order chi connectivity index (χ0) is 11.9. The smallest absolute Gasteiger partial charge is 0.243 e. The number of fused-ring (bicyclic) bond motifs is 2. The van der Waals surface area contributed by atoms with E-state index < -0.39 is 0 Å². The molecule has 2 saturated carbocycles. The third kappa shape index (κ3) is 1.78. The van der Waals surface area contributed by atoms with Crippen LogP contribution in [0.4, 0.5) is 0 Å². The number of piperidine rings is 1. The summed E-state index contributed by atoms with van der Waals surface area (Å²) in [5.41, 5.74) is 0. The molecular formula is C14H21N3O. The molecule has 4 heteroatoms. The maximum absolute atomic E-state index is 5.50. The van der Waals surface area contributed by atoms with Gasteiger partial charge in [0.05, 0.1) is 6.04 Å². The van der Waals surface area contributed by atoms with Crippen molar-refractivity contribution < 1.29 is 4.52 Å². The van der Waals surface area contributed by atoms with E-state index in [1.807, 2.05) is 0 Å². The van der Waals surface area contributed by atoms with Crippen LogP contribution < -0.4 is 5.32 Å². The van der Waals surface area contributed by atoms with Crippen LogP contribution in [0.3, 0.4) is 0 Å². The molecule has 1 aliphatic heterocycles. The van der Waals surface area contributed by atoms with Crippen molar-refractivity contribution in [2.45, 2.75) is 56.9 Å². The highest BCUT2D eigenvalue weighted by molar-refractivity contribution is 5.07. The summed E-state index contributed by atoms with van der Waals surface area (Å²) in [5.74, 6) is 4.18. The van der Waals surface area contributed by atoms with Crippen LogP contribution in [0, 0.1) is 11.8 Å². The number of hydrogen-bond donors (Lipinski definition) is 1. The highest BCUT2D eigenvalue weighted by Gasteiger charge is 2.42. The first-order chi connectivity index (χ1) is 8.90. The van der Waals surface area contributed by atoms with E-state index in [4.69, 9.17) is 9.51 Å². The molecule has 4 nitrogen and oxygen atoms in total. The van der Waals surface area contributed by atoms with E-state index in [1.165, 1.54) is 38.5 Å². The number of nitrogens with one attached hydrogen (secondary N) is 1. The Morgan fingerprint density at radius 2 is 2.11 bits per heavy atom. The molecule has 1 aromatic heterocycles. The van der Waals surface area contributed by atoms with Crippen molar-refractivity contribution in [1.82, 2.24) is 15.5 Å². The first kappa shape index (κ1) is 11.0. The van der Waals surface area contributed by atoms with Gasteiger partial charge in [-0.1, -0.05) is 18.0 Å². The van der Waals surface area contributed by atoms with Crippen LogP contribution in [0.25, 0.3) is 0 Å². The molecule has 0 aromatic carbocycles. The lowest BCUT2D eigenvalue weighted by Crippen LogP contribution is -2.27. The fourth-order valence-electron chi connectivity index (χ4n) is 4.16. The summed E-state index contributed by atoms with van der Waals surface area (Å²) >= 11 is 0. The molecule has 1 N–H and O–H groups in total. The Morgan fingerprint density at radius 1 is 1.11 bits per heavy atom. The molecule has 4 rings (SSSR count). The molecule has 3 fully saturated rings. The van der Waals surface area contributed by atoms with E-state index in [-0.39, 0.29) is 0 Å². The van der Waals surface area contributed by atoms with Gasteiger partial charge in [0, 0.05) is 5.92 Å². The van der Waals surface area contributed by atoms with Gasteiger partial charge >= 0.3 is 0 Å². The predicted molar refractivity (Wildman–Crippen MR) is 67.1 cm³/mol. The van der Waals surface area contributed by atoms with Crippen LogP contribution in [-0.2, 0) is 0 Å². The van der Waals surface area contributed by atoms with Crippen molar-refractivity contribution in [3.63, 3.8) is 0 Å². The van der Waals surface area contributed by atoms with Gasteiger partial charge in [-0.05, 0) is 50.5 Å². The maximum Gasteiger partial charge on any atom is 0.243 e. The summed E-state index contributed by atoms with van der Waals surface area (Å²) in [4.78, 5) is 4.69. The normalized spacial score (nSPS) is 39.3. The van der Waals surface area contributed by atoms with Gasteiger partial charge in [0.1, 0.15) is 0 Å². The Hall–Kier alpha value is -0.900. The first-order valence-corrected chi connectivity index (χ1v) is 7.47. The van der Waals surface area contributed by atoms with E-state index >= 15 is 0 Å². The Bertz CT molecular complexity index is 424. The van der Waals surface area contributed by atoms with Gasteiger partial charge in [0.2, 0.25) is 5.89 Å². The Labute approximate surface area is 108 Å². The van der Waals surface area contributed by atoms with Crippen molar-refractivity contribution in [2.75, 3.05) is 6.54 Å². The molecule has 0 spiro atoms. The summed E-state index contributed by atoms with van der Waals surface area (Å²) in [5, 5.41) is 7.74. The van der Waals surface area contributed by atoms with E-state index in [0.717, 1.165) is 36.5 Å². The van der Waals surface area contributed by atoms with Gasteiger partial charge in [-0.3, -0.25) is 0 Å². The summed E-state index contributed by atoms with van der Waals surface area (Å²) < 4.78 is 5.50. The minimum atomic E-state index is 0.304. The van der Waals surface area contributed by atoms with Gasteiger partial charge in [-0.2, -0.15) is 4.98 Å². The first-order valence-electron chi connectivity index (χ1n) is 7.47. The lowest BCUT2D eigenvalue weighted by molar-refractivity contribution is 0.293. The maximum atomic E-state index is 5.50. The van der Waals surface area contributed by atoms with Crippen molar-refractivity contribution in [3.05, 3.63) is 11.7 Å². The fraction of sp³-hybridized carbons (Fsp3) is 0.857. The van der Waals surface area contributed by atoms with Gasteiger partial charge in [0.25, 0.3) is 0 Å². The molecule has 1 aromatic rings. The molecule has 0 amide bonds. The number of rotatable bonds is 2. The Morgan fingerprint density at radius 3 is 2.83 bits per heavy atom. The average Bonchev–Trinajstić information content (AvgIpc) is 3.15. The van der Waals surface area contributed by atoms with E-state index in [9.17, 15) is 0 Å². The Kier molecular flexibility index (Phi) is 2.64. The molecule has 3 unspecified atom stereocenters. The second kappa shape index (κ2) is 4.34. The molecule has 4 atom stereocenters. The largest absolute Gasteiger partial charge is 0.338 e. The lowest BCUT2D eigenvalue weighted by Gasteiger charge is -2.20. The summed E-state index contributed by atoms with van der Waals surface area (Å²) in [6.07, 6.45) is 9.17. The molecular weight excluding hydrogens is 226 g/mol. The fourth-order valence-corrected chi connectivity index (χ4v) is 4.16. The topological polar surface area (TPSA) is 51.0 Å². The quantitative estimate of drug-likeness (QED) is 0.873. The Balaban J connectivity index is 1.51. The zero-order valence-electron chi connectivity index (χ0n) is 10.8. The number of hydrogen-bond acceptors (Lipinski definition) is 4. The van der Waals surface area contributed by atoms with E-state index in [0.29, 0.717) is 12.0 Å². The highest BCUT2D eigenvalue weighted by Crippen LogP contribution is 2.52. The van der Waals surface area contributed by atoms with E-state index in [1.54, 1.807) is 0 Å². The van der Waals surface area contributed by atoms with Crippen LogP contribution >= 0.6 is 0 Å². The number of nitrogens with zero attached hydrogens (tertiary/aromatic N) is 2. The molecule has 2 aliphatic carbocycles. The second-order valence-corrected chi connectivity index (χ2v) is 6.27. The highest BCUT2D eigenvalue weighted by atomic mass is 16.5. The van der Waals surface area contributed by atoms with Gasteiger partial charge < -0.3 is 9.84 Å². The van der Waals surface area contributed by atoms with Gasteiger partial charge in [0.15, 0.2) is 5.82 Å². The molecule has 1 saturated heterocycles. The van der Waals surface area contributed by atoms with Crippen molar-refractivity contribution in [2.24, 2.45) is 11.8 Å². The lowest BCUT2D eigenvalue weighted by atomic mass is 9.88. The van der Waals surface area contributed by atoms with Crippen LogP contribution in [0.2, 0.25) is 0 Å². The summed E-state index contributed by atoms with van der Waals surface area (Å²) in [6.45, 7) is 1.08. The summed E-state index contributed by atoms with van der Waals surface area (Å²) in [6, 6.07) is 0.304. The number of aromatic nitrogens is 2. The van der Waals surface area contributed by atoms with Crippen molar-refractivity contribution in [3.8, 4) is 0 Å². The molecule has 0 radical (unpaired) electrons. The van der Waals surface area contributed by atoms with Gasteiger partial charge in [-0.25, -0.2) is 0 Å². The average molecular weight is 247 g/mol. The molecule has 3 aliphatic rings. The van der Waals surface area contributed by atoms with Crippen molar-refractivity contribution >= 4 is 0 Å². The molecule has 98 valence electrons. The third-order valence-electron chi connectivity index (χ3n) is 5.14. The predicted octanol–water partition coefficient (Wildman–Crippen LogP) is 2.79.